The van der Waals surface area contributed by atoms with E-state index >= 15 is 0 Å². The Morgan fingerprint density at radius 3 is 2.90 bits per heavy atom. The lowest BCUT2D eigenvalue weighted by Gasteiger charge is -2.10. The zero-order chi connectivity index (χ0) is 14.8. The normalized spacial score (nSPS) is 10.6. The zero-order valence-corrected chi connectivity index (χ0v) is 11.7. The fraction of sp³-hybridized carbons (Fsp3) is 0.133. The van der Waals surface area contributed by atoms with Gasteiger partial charge in [0, 0.05) is 12.3 Å². The zero-order valence-electron chi connectivity index (χ0n) is 11.7. The van der Waals surface area contributed by atoms with E-state index in [1.165, 1.54) is 4.52 Å². The van der Waals surface area contributed by atoms with E-state index < -0.39 is 0 Å². The highest BCUT2D eigenvalue weighted by Crippen LogP contribution is 2.23. The third kappa shape index (κ3) is 2.43. The molecule has 6 heteroatoms. The molecule has 1 aromatic carbocycles. The lowest BCUT2D eigenvalue weighted by atomic mass is 10.2. The topological polar surface area (TPSA) is 68.5 Å². The van der Waals surface area contributed by atoms with Crippen molar-refractivity contribution < 1.29 is 9.53 Å². The van der Waals surface area contributed by atoms with Crippen molar-refractivity contribution in [3.05, 3.63) is 54.0 Å². The second-order valence-electron chi connectivity index (χ2n) is 4.54. The standard InChI is InChI=1S/C15H14N4O2/c1-10-9-14-16-8-7-12(19(14)18-10)15(20)17-11-5-3-4-6-13(11)21-2/h3-9H,1-2H3,(H,17,20). The summed E-state index contributed by atoms with van der Waals surface area (Å²) >= 11 is 0. The average Bonchev–Trinajstić information content (AvgIpc) is 2.87. The summed E-state index contributed by atoms with van der Waals surface area (Å²) in [6, 6.07) is 10.7. The van der Waals surface area contributed by atoms with Crippen LogP contribution in [0, 0.1) is 6.92 Å². The first-order valence-corrected chi connectivity index (χ1v) is 6.45. The lowest BCUT2D eigenvalue weighted by molar-refractivity contribution is 0.101. The molecule has 3 aromatic rings. The maximum atomic E-state index is 12.5. The van der Waals surface area contributed by atoms with E-state index in [9.17, 15) is 4.79 Å². The Bertz CT molecular complexity index is 810. The predicted molar refractivity (Wildman–Crippen MR) is 78.7 cm³/mol. The van der Waals surface area contributed by atoms with Gasteiger partial charge in [-0.15, -0.1) is 0 Å². The Hall–Kier alpha value is -2.89. The Balaban J connectivity index is 1.97. The molecule has 6 nitrogen and oxygen atoms in total. The number of para-hydroxylation sites is 2. The van der Waals surface area contributed by atoms with Crippen molar-refractivity contribution in [1.29, 1.82) is 0 Å². The van der Waals surface area contributed by atoms with Gasteiger partial charge in [-0.25, -0.2) is 9.50 Å². The largest absolute Gasteiger partial charge is 0.495 e. The molecule has 0 radical (unpaired) electrons. The molecule has 0 saturated heterocycles. The molecule has 3 rings (SSSR count). The SMILES string of the molecule is COc1ccccc1NC(=O)c1ccnc2cc(C)nn12. The minimum Gasteiger partial charge on any atom is -0.495 e. The number of nitrogens with one attached hydrogen (secondary N) is 1. The first-order chi connectivity index (χ1) is 10.2. The molecule has 2 aromatic heterocycles. The molecule has 0 atom stereocenters. The van der Waals surface area contributed by atoms with Crippen LogP contribution < -0.4 is 10.1 Å². The van der Waals surface area contributed by atoms with Gasteiger partial charge in [0.05, 0.1) is 18.5 Å². The van der Waals surface area contributed by atoms with Gasteiger partial charge in [-0.05, 0) is 25.1 Å². The van der Waals surface area contributed by atoms with Gasteiger partial charge in [0.1, 0.15) is 11.4 Å². The number of nitrogens with zero attached hydrogens (tertiary/aromatic N) is 3. The number of hydrogen-bond acceptors (Lipinski definition) is 4. The van der Waals surface area contributed by atoms with E-state index in [-0.39, 0.29) is 5.91 Å². The van der Waals surface area contributed by atoms with Gasteiger partial charge in [-0.2, -0.15) is 5.10 Å². The fourth-order valence-corrected chi connectivity index (χ4v) is 2.12. The highest BCUT2D eigenvalue weighted by atomic mass is 16.5. The summed E-state index contributed by atoms with van der Waals surface area (Å²) in [5.74, 6) is 0.336. The molecule has 0 aliphatic carbocycles. The van der Waals surface area contributed by atoms with Gasteiger partial charge in [-0.3, -0.25) is 4.79 Å². The molecular formula is C15H14N4O2. The number of benzene rings is 1. The fourth-order valence-electron chi connectivity index (χ4n) is 2.12. The number of carbonyl (C=O) groups excluding carboxylic acids is 1. The highest BCUT2D eigenvalue weighted by Gasteiger charge is 2.14. The summed E-state index contributed by atoms with van der Waals surface area (Å²) in [4.78, 5) is 16.6. The molecule has 21 heavy (non-hydrogen) atoms. The van der Waals surface area contributed by atoms with Crippen LogP contribution in [-0.4, -0.2) is 27.6 Å². The molecule has 106 valence electrons. The maximum absolute atomic E-state index is 12.5. The smallest absolute Gasteiger partial charge is 0.274 e. The quantitative estimate of drug-likeness (QED) is 0.800. The van der Waals surface area contributed by atoms with Crippen LogP contribution in [0.4, 0.5) is 5.69 Å². The number of amides is 1. The van der Waals surface area contributed by atoms with E-state index in [0.717, 1.165) is 5.69 Å². The van der Waals surface area contributed by atoms with Crippen LogP contribution in [-0.2, 0) is 0 Å². The number of anilines is 1. The van der Waals surface area contributed by atoms with Crippen LogP contribution in [0.15, 0.2) is 42.6 Å². The molecule has 0 aliphatic rings. The van der Waals surface area contributed by atoms with E-state index in [2.05, 4.69) is 15.4 Å². The van der Waals surface area contributed by atoms with Crippen molar-refractivity contribution in [2.75, 3.05) is 12.4 Å². The van der Waals surface area contributed by atoms with Crippen molar-refractivity contribution in [3.63, 3.8) is 0 Å². The number of aryl methyl sites for hydroxylation is 1. The van der Waals surface area contributed by atoms with Crippen molar-refractivity contribution in [2.45, 2.75) is 6.92 Å². The molecule has 0 fully saturated rings. The van der Waals surface area contributed by atoms with E-state index in [1.54, 1.807) is 31.5 Å². The number of carbonyl (C=O) groups is 1. The summed E-state index contributed by atoms with van der Waals surface area (Å²) in [7, 11) is 1.56. The van der Waals surface area contributed by atoms with Crippen LogP contribution in [0.2, 0.25) is 0 Å². The number of hydrogen-bond donors (Lipinski definition) is 1. The number of rotatable bonds is 3. The molecule has 1 amide bonds. The molecule has 0 aliphatic heterocycles. The van der Waals surface area contributed by atoms with Crippen LogP contribution in [0.25, 0.3) is 5.65 Å². The molecule has 0 bridgehead atoms. The predicted octanol–water partition coefficient (Wildman–Crippen LogP) is 2.30. The van der Waals surface area contributed by atoms with Crippen LogP contribution in [0.5, 0.6) is 5.75 Å². The Morgan fingerprint density at radius 1 is 1.29 bits per heavy atom. The van der Waals surface area contributed by atoms with Crippen LogP contribution >= 0.6 is 0 Å². The minimum atomic E-state index is -0.269. The maximum Gasteiger partial charge on any atom is 0.274 e. The van der Waals surface area contributed by atoms with Crippen molar-refractivity contribution in [3.8, 4) is 5.75 Å². The monoisotopic (exact) mass is 282 g/mol. The van der Waals surface area contributed by atoms with E-state index in [4.69, 9.17) is 4.74 Å². The number of methoxy groups -OCH3 is 1. The van der Waals surface area contributed by atoms with Crippen molar-refractivity contribution in [2.24, 2.45) is 0 Å². The van der Waals surface area contributed by atoms with E-state index in [0.29, 0.717) is 22.8 Å². The number of fused-ring (bicyclic) bond motifs is 1. The van der Waals surface area contributed by atoms with Gasteiger partial charge in [0.2, 0.25) is 0 Å². The third-order valence-electron chi connectivity index (χ3n) is 3.07. The molecule has 0 spiro atoms. The summed E-state index contributed by atoms with van der Waals surface area (Å²) < 4.78 is 6.75. The third-order valence-corrected chi connectivity index (χ3v) is 3.07. The van der Waals surface area contributed by atoms with Gasteiger partial charge < -0.3 is 10.1 Å². The summed E-state index contributed by atoms with van der Waals surface area (Å²) in [5, 5.41) is 7.11. The van der Waals surface area contributed by atoms with Gasteiger partial charge in [0.25, 0.3) is 5.91 Å². The van der Waals surface area contributed by atoms with E-state index in [1.807, 2.05) is 25.1 Å². The summed E-state index contributed by atoms with van der Waals surface area (Å²) in [6.07, 6.45) is 1.59. The number of aromatic nitrogens is 3. The molecule has 0 unspecified atom stereocenters. The van der Waals surface area contributed by atoms with Gasteiger partial charge in [0.15, 0.2) is 5.65 Å². The first kappa shape index (κ1) is 13.1. The van der Waals surface area contributed by atoms with Gasteiger partial charge >= 0.3 is 0 Å². The number of ether oxygens (including phenoxy) is 1. The van der Waals surface area contributed by atoms with Gasteiger partial charge in [-0.1, -0.05) is 12.1 Å². The summed E-state index contributed by atoms with van der Waals surface area (Å²) in [5.41, 5.74) is 2.47. The first-order valence-electron chi connectivity index (χ1n) is 6.45. The second-order valence-corrected chi connectivity index (χ2v) is 4.54. The average molecular weight is 282 g/mol. The Kier molecular flexibility index (Phi) is 3.27. The molecule has 2 heterocycles. The highest BCUT2D eigenvalue weighted by molar-refractivity contribution is 6.04. The lowest BCUT2D eigenvalue weighted by Crippen LogP contribution is -2.17. The minimum absolute atomic E-state index is 0.269. The van der Waals surface area contributed by atoms with Crippen LogP contribution in [0.3, 0.4) is 0 Å². The summed E-state index contributed by atoms with van der Waals surface area (Å²) in [6.45, 7) is 1.86. The van der Waals surface area contributed by atoms with Crippen molar-refractivity contribution >= 4 is 17.2 Å². The molecule has 0 saturated carbocycles. The van der Waals surface area contributed by atoms with Crippen LogP contribution in [0.1, 0.15) is 16.2 Å². The van der Waals surface area contributed by atoms with Crippen molar-refractivity contribution in [1.82, 2.24) is 14.6 Å². The second kappa shape index (κ2) is 5.24. The molecule has 1 N–H and O–H groups in total. The Labute approximate surface area is 121 Å². The Morgan fingerprint density at radius 2 is 2.10 bits per heavy atom. The molecular weight excluding hydrogens is 268 g/mol.